The molecule has 0 radical (unpaired) electrons. The summed E-state index contributed by atoms with van der Waals surface area (Å²) in [5.41, 5.74) is 3.08. The van der Waals surface area contributed by atoms with E-state index < -0.39 is 5.97 Å². The summed E-state index contributed by atoms with van der Waals surface area (Å²) < 4.78 is 5.16. The fraction of sp³-hybridized carbons (Fsp3) is 0.182. The molecule has 4 nitrogen and oxygen atoms in total. The van der Waals surface area contributed by atoms with E-state index >= 15 is 0 Å². The maximum Gasteiger partial charge on any atom is 0.341 e. The molecule has 0 aliphatic rings. The third-order valence-corrected chi connectivity index (χ3v) is 5.76. The van der Waals surface area contributed by atoms with E-state index in [2.05, 4.69) is 5.32 Å². The summed E-state index contributed by atoms with van der Waals surface area (Å²) in [4.78, 5) is 26.0. The fourth-order valence-corrected chi connectivity index (χ4v) is 4.26. The van der Waals surface area contributed by atoms with Gasteiger partial charge in [-0.25, -0.2) is 4.79 Å². The van der Waals surface area contributed by atoms with E-state index in [-0.39, 0.29) is 12.5 Å². The van der Waals surface area contributed by atoms with Crippen molar-refractivity contribution in [2.45, 2.75) is 12.7 Å². The summed E-state index contributed by atoms with van der Waals surface area (Å²) in [6.45, 7) is 2.04. The Bertz CT molecular complexity index is 950. The minimum absolute atomic E-state index is 0.247. The first-order valence-corrected chi connectivity index (χ1v) is 11.1. The van der Waals surface area contributed by atoms with Crippen LogP contribution in [-0.2, 0) is 10.5 Å². The molecule has 6 heteroatoms. The number of thiophene rings is 1. The number of carbonyl (C=O) groups excluding carboxylic acids is 2. The van der Waals surface area contributed by atoms with Crippen molar-refractivity contribution < 1.29 is 14.3 Å². The lowest BCUT2D eigenvalue weighted by molar-refractivity contribution is 0.0528. The number of ether oxygens (including phenoxy) is 1. The van der Waals surface area contributed by atoms with Gasteiger partial charge in [-0.05, 0) is 42.5 Å². The largest absolute Gasteiger partial charge is 0.462 e. The van der Waals surface area contributed by atoms with Crippen LogP contribution < -0.4 is 5.32 Å². The number of amides is 1. The lowest BCUT2D eigenvalue weighted by Gasteiger charge is -2.07. The quantitative estimate of drug-likeness (QED) is 0.506. The van der Waals surface area contributed by atoms with Crippen LogP contribution in [0, 0.1) is 0 Å². The van der Waals surface area contributed by atoms with Crippen LogP contribution in [0.2, 0.25) is 0 Å². The molecule has 0 saturated carbocycles. The molecule has 0 saturated heterocycles. The van der Waals surface area contributed by atoms with Crippen LogP contribution in [0.3, 0.4) is 0 Å². The maximum absolute atomic E-state index is 12.7. The Morgan fingerprint density at radius 1 is 1.07 bits per heavy atom. The summed E-state index contributed by atoms with van der Waals surface area (Å²) in [5, 5.41) is 3.38. The molecule has 0 fully saturated rings. The molecule has 0 aliphatic carbocycles. The van der Waals surface area contributed by atoms with Gasteiger partial charge in [0.2, 0.25) is 0 Å². The van der Waals surface area contributed by atoms with Gasteiger partial charge in [-0.2, -0.15) is 11.8 Å². The highest BCUT2D eigenvalue weighted by molar-refractivity contribution is 7.97. The molecule has 2 aromatic carbocycles. The highest BCUT2D eigenvalue weighted by atomic mass is 32.2. The second-order valence-corrected chi connectivity index (χ2v) is 7.94. The molecule has 1 N–H and O–H groups in total. The molecule has 3 aromatic rings. The van der Waals surface area contributed by atoms with Crippen molar-refractivity contribution in [2.75, 3.05) is 18.2 Å². The van der Waals surface area contributed by atoms with E-state index in [0.717, 1.165) is 16.2 Å². The zero-order valence-corrected chi connectivity index (χ0v) is 17.4. The number of hydrogen-bond donors (Lipinski definition) is 1. The number of carbonyl (C=O) groups is 2. The number of thioether (sulfide) groups is 1. The topological polar surface area (TPSA) is 55.4 Å². The Morgan fingerprint density at radius 3 is 2.43 bits per heavy atom. The lowest BCUT2D eigenvalue weighted by Crippen LogP contribution is -2.14. The smallest absolute Gasteiger partial charge is 0.341 e. The Hall–Kier alpha value is -2.57. The maximum atomic E-state index is 12.7. The Morgan fingerprint density at radius 2 is 1.79 bits per heavy atom. The predicted molar refractivity (Wildman–Crippen MR) is 117 cm³/mol. The molecule has 0 atom stereocenters. The first-order valence-electron chi connectivity index (χ1n) is 8.88. The van der Waals surface area contributed by atoms with Gasteiger partial charge < -0.3 is 10.1 Å². The summed E-state index contributed by atoms with van der Waals surface area (Å²) in [6, 6.07) is 19.0. The molecule has 1 heterocycles. The molecule has 3 rings (SSSR count). The van der Waals surface area contributed by atoms with Gasteiger partial charge in [-0.1, -0.05) is 42.5 Å². The van der Waals surface area contributed by atoms with Gasteiger partial charge in [0.15, 0.2) is 0 Å². The first-order chi connectivity index (χ1) is 13.6. The van der Waals surface area contributed by atoms with Crippen molar-refractivity contribution in [1.82, 2.24) is 0 Å². The van der Waals surface area contributed by atoms with Gasteiger partial charge in [-0.3, -0.25) is 4.79 Å². The first kappa shape index (κ1) is 20.2. The van der Waals surface area contributed by atoms with Crippen LogP contribution in [0.1, 0.15) is 33.2 Å². The lowest BCUT2D eigenvalue weighted by atomic mass is 10.1. The van der Waals surface area contributed by atoms with E-state index in [0.29, 0.717) is 16.1 Å². The number of rotatable bonds is 7. The van der Waals surface area contributed by atoms with Gasteiger partial charge in [0.25, 0.3) is 5.91 Å². The minimum Gasteiger partial charge on any atom is -0.462 e. The standard InChI is InChI=1S/C22H21NO3S2/c1-3-26-22(25)18-13-19(16-7-5-4-6-8-16)28-21(18)23-20(24)17-11-9-15(10-12-17)14-27-2/h4-13H,3,14H2,1-2H3,(H,23,24). The average molecular weight is 412 g/mol. The second-order valence-electron chi connectivity index (χ2n) is 6.02. The molecule has 1 aromatic heterocycles. The SMILES string of the molecule is CCOC(=O)c1cc(-c2ccccc2)sc1NC(=O)c1ccc(CSC)cc1. The molecule has 0 aliphatic heterocycles. The summed E-state index contributed by atoms with van der Waals surface area (Å²) in [7, 11) is 0. The molecular formula is C22H21NO3S2. The van der Waals surface area contributed by atoms with Crippen LogP contribution in [-0.4, -0.2) is 24.7 Å². The molecule has 28 heavy (non-hydrogen) atoms. The molecule has 1 amide bonds. The van der Waals surface area contributed by atoms with Gasteiger partial charge in [0.1, 0.15) is 5.00 Å². The number of nitrogens with one attached hydrogen (secondary N) is 1. The highest BCUT2D eigenvalue weighted by Crippen LogP contribution is 2.36. The molecule has 0 spiro atoms. The van der Waals surface area contributed by atoms with E-state index in [4.69, 9.17) is 4.74 Å². The fourth-order valence-electron chi connectivity index (χ4n) is 2.68. The summed E-state index contributed by atoms with van der Waals surface area (Å²) >= 11 is 3.10. The highest BCUT2D eigenvalue weighted by Gasteiger charge is 2.20. The second kappa shape index (κ2) is 9.57. The molecular weight excluding hydrogens is 390 g/mol. The monoisotopic (exact) mass is 411 g/mol. The van der Waals surface area contributed by atoms with Crippen LogP contribution in [0.25, 0.3) is 10.4 Å². The van der Waals surface area contributed by atoms with Gasteiger partial charge >= 0.3 is 5.97 Å². The van der Waals surface area contributed by atoms with E-state index in [1.807, 2.05) is 48.7 Å². The van der Waals surface area contributed by atoms with Crippen LogP contribution >= 0.6 is 23.1 Å². The van der Waals surface area contributed by atoms with Crippen molar-refractivity contribution >= 4 is 40.0 Å². The molecule has 0 bridgehead atoms. The number of esters is 1. The Labute approximate surface area is 172 Å². The van der Waals surface area contributed by atoms with Gasteiger partial charge in [0.05, 0.1) is 12.2 Å². The number of anilines is 1. The van der Waals surface area contributed by atoms with Crippen LogP contribution in [0.15, 0.2) is 60.7 Å². The number of benzene rings is 2. The Kier molecular flexibility index (Phi) is 6.90. The molecule has 0 unspecified atom stereocenters. The van der Waals surface area contributed by atoms with E-state index in [1.54, 1.807) is 36.9 Å². The summed E-state index contributed by atoms with van der Waals surface area (Å²) in [5.74, 6) is 0.217. The van der Waals surface area contributed by atoms with Crippen molar-refractivity contribution in [1.29, 1.82) is 0 Å². The average Bonchev–Trinajstić information content (AvgIpc) is 3.13. The van der Waals surface area contributed by atoms with E-state index in [9.17, 15) is 9.59 Å². The zero-order valence-electron chi connectivity index (χ0n) is 15.7. The van der Waals surface area contributed by atoms with Crippen LogP contribution in [0.4, 0.5) is 5.00 Å². The zero-order chi connectivity index (χ0) is 19.9. The van der Waals surface area contributed by atoms with Crippen LogP contribution in [0.5, 0.6) is 0 Å². The van der Waals surface area contributed by atoms with Crippen molar-refractivity contribution in [2.24, 2.45) is 0 Å². The van der Waals surface area contributed by atoms with Crippen molar-refractivity contribution in [3.63, 3.8) is 0 Å². The predicted octanol–water partition coefficient (Wildman–Crippen LogP) is 5.71. The third kappa shape index (κ3) is 4.82. The Balaban J connectivity index is 1.87. The molecule has 144 valence electrons. The van der Waals surface area contributed by atoms with Gasteiger partial charge in [0, 0.05) is 16.2 Å². The minimum atomic E-state index is -0.438. The van der Waals surface area contributed by atoms with Crippen molar-refractivity contribution in [3.05, 3.63) is 77.4 Å². The van der Waals surface area contributed by atoms with E-state index in [1.165, 1.54) is 16.9 Å². The summed E-state index contributed by atoms with van der Waals surface area (Å²) in [6.07, 6.45) is 2.04. The van der Waals surface area contributed by atoms with Gasteiger partial charge in [-0.15, -0.1) is 11.3 Å². The number of hydrogen-bond acceptors (Lipinski definition) is 5. The third-order valence-electron chi connectivity index (χ3n) is 4.04. The van der Waals surface area contributed by atoms with Crippen molar-refractivity contribution in [3.8, 4) is 10.4 Å². The normalized spacial score (nSPS) is 10.5.